The highest BCUT2D eigenvalue weighted by molar-refractivity contribution is 5.86. The lowest BCUT2D eigenvalue weighted by molar-refractivity contribution is 0.608. The molecule has 66 valence electrons. The normalized spacial score (nSPS) is 10.6. The van der Waals surface area contributed by atoms with Gasteiger partial charge in [-0.15, -0.1) is 0 Å². The minimum absolute atomic E-state index is 0.00306. The summed E-state index contributed by atoms with van der Waals surface area (Å²) in [4.78, 5) is 0. The molecule has 0 aliphatic carbocycles. The summed E-state index contributed by atoms with van der Waals surface area (Å²) in [5, 5.41) is 0.481. The number of hydrogen-bond acceptors (Lipinski definition) is 1. The minimum atomic E-state index is -0.618. The van der Waals surface area contributed by atoms with Crippen molar-refractivity contribution in [1.82, 2.24) is 0 Å². The Morgan fingerprint density at radius 3 is 2.54 bits per heavy atom. The van der Waals surface area contributed by atoms with E-state index < -0.39 is 11.6 Å². The first kappa shape index (κ1) is 7.98. The number of benzene rings is 2. The van der Waals surface area contributed by atoms with Gasteiger partial charge in [-0.2, -0.15) is 0 Å². The first-order valence-corrected chi connectivity index (χ1v) is 3.82. The van der Waals surface area contributed by atoms with E-state index in [0.717, 1.165) is 6.07 Å². The van der Waals surface area contributed by atoms with E-state index in [0.29, 0.717) is 11.1 Å². The van der Waals surface area contributed by atoms with Crippen molar-refractivity contribution in [2.45, 2.75) is 0 Å². The molecule has 0 fully saturated rings. The number of rotatable bonds is 0. The molecule has 0 atom stereocenters. The first-order valence-electron chi connectivity index (χ1n) is 3.82. The van der Waals surface area contributed by atoms with Gasteiger partial charge in [0, 0.05) is 5.69 Å². The van der Waals surface area contributed by atoms with E-state index >= 15 is 0 Å². The van der Waals surface area contributed by atoms with Gasteiger partial charge in [-0.05, 0) is 23.6 Å². The smallest absolute Gasteiger partial charge is 0.136 e. The molecule has 0 heterocycles. The Morgan fingerprint density at radius 1 is 1.00 bits per heavy atom. The molecular formula is C10H7F2N. The van der Waals surface area contributed by atoms with Gasteiger partial charge in [-0.25, -0.2) is 8.78 Å². The molecular weight excluding hydrogens is 172 g/mol. The number of hydrogen-bond donors (Lipinski definition) is 1. The Hall–Kier alpha value is -1.64. The highest BCUT2D eigenvalue weighted by Gasteiger charge is 2.06. The number of nitrogen functional groups attached to an aromatic ring is 1. The predicted molar refractivity (Wildman–Crippen MR) is 48.3 cm³/mol. The van der Waals surface area contributed by atoms with Gasteiger partial charge < -0.3 is 5.73 Å². The van der Waals surface area contributed by atoms with Crippen LogP contribution in [0.2, 0.25) is 0 Å². The Labute approximate surface area is 73.8 Å². The standard InChI is InChI=1S/C10H7F2N/c11-8-3-1-2-6-4-7(13)5-9(12)10(6)8/h1-5H,13H2. The average molecular weight is 179 g/mol. The van der Waals surface area contributed by atoms with Crippen molar-refractivity contribution in [1.29, 1.82) is 0 Å². The molecule has 2 rings (SSSR count). The molecule has 0 unspecified atom stereocenters. The Balaban J connectivity index is 2.94. The second kappa shape index (κ2) is 2.69. The Morgan fingerprint density at radius 2 is 1.77 bits per heavy atom. The maximum Gasteiger partial charge on any atom is 0.136 e. The van der Waals surface area contributed by atoms with Gasteiger partial charge in [0.05, 0.1) is 5.39 Å². The van der Waals surface area contributed by atoms with Crippen LogP contribution in [0.4, 0.5) is 14.5 Å². The van der Waals surface area contributed by atoms with E-state index in [1.807, 2.05) is 0 Å². The molecule has 2 aromatic rings. The third kappa shape index (κ3) is 1.22. The molecule has 0 aliphatic heterocycles. The zero-order chi connectivity index (χ0) is 9.42. The van der Waals surface area contributed by atoms with Crippen molar-refractivity contribution < 1.29 is 8.78 Å². The van der Waals surface area contributed by atoms with Crippen LogP contribution in [0.1, 0.15) is 0 Å². The Kier molecular flexibility index (Phi) is 1.65. The van der Waals surface area contributed by atoms with Gasteiger partial charge >= 0.3 is 0 Å². The number of nitrogens with two attached hydrogens (primary N) is 1. The summed E-state index contributed by atoms with van der Waals surface area (Å²) in [6.45, 7) is 0. The summed E-state index contributed by atoms with van der Waals surface area (Å²) in [6, 6.07) is 7.03. The van der Waals surface area contributed by atoms with Gasteiger partial charge in [-0.1, -0.05) is 12.1 Å². The van der Waals surface area contributed by atoms with Crippen molar-refractivity contribution in [2.75, 3.05) is 5.73 Å². The van der Waals surface area contributed by atoms with Gasteiger partial charge in [0.25, 0.3) is 0 Å². The molecule has 0 radical (unpaired) electrons. The van der Waals surface area contributed by atoms with Crippen LogP contribution < -0.4 is 5.73 Å². The van der Waals surface area contributed by atoms with Crippen molar-refractivity contribution in [3.05, 3.63) is 42.0 Å². The molecule has 0 saturated carbocycles. The van der Waals surface area contributed by atoms with Crippen LogP contribution in [-0.2, 0) is 0 Å². The zero-order valence-corrected chi connectivity index (χ0v) is 6.72. The lowest BCUT2D eigenvalue weighted by Crippen LogP contribution is -1.90. The molecule has 0 aliphatic rings. The molecule has 3 heteroatoms. The molecule has 0 amide bonds. The molecule has 1 nitrogen and oxygen atoms in total. The third-order valence-electron chi connectivity index (χ3n) is 1.90. The first-order chi connectivity index (χ1) is 6.18. The molecule has 0 bridgehead atoms. The van der Waals surface area contributed by atoms with Crippen LogP contribution in [0.3, 0.4) is 0 Å². The number of halogens is 2. The molecule has 0 saturated heterocycles. The highest BCUT2D eigenvalue weighted by Crippen LogP contribution is 2.23. The molecule has 0 spiro atoms. The summed E-state index contributed by atoms with van der Waals surface area (Å²) in [5.74, 6) is -1.18. The van der Waals surface area contributed by atoms with Crippen molar-refractivity contribution in [3.8, 4) is 0 Å². The maximum atomic E-state index is 13.2. The second-order valence-electron chi connectivity index (χ2n) is 2.84. The van der Waals surface area contributed by atoms with Crippen LogP contribution in [0.15, 0.2) is 30.3 Å². The second-order valence-corrected chi connectivity index (χ2v) is 2.84. The minimum Gasteiger partial charge on any atom is -0.399 e. The van der Waals surface area contributed by atoms with Crippen LogP contribution >= 0.6 is 0 Å². The maximum absolute atomic E-state index is 13.2. The van der Waals surface area contributed by atoms with Gasteiger partial charge in [-0.3, -0.25) is 0 Å². The van der Waals surface area contributed by atoms with E-state index in [1.54, 1.807) is 12.1 Å². The lowest BCUT2D eigenvalue weighted by atomic mass is 10.1. The quantitative estimate of drug-likeness (QED) is 0.618. The molecule has 2 aromatic carbocycles. The molecule has 2 N–H and O–H groups in total. The van der Waals surface area contributed by atoms with E-state index in [-0.39, 0.29) is 5.39 Å². The van der Waals surface area contributed by atoms with E-state index in [1.165, 1.54) is 12.1 Å². The van der Waals surface area contributed by atoms with Crippen LogP contribution in [0, 0.1) is 11.6 Å². The van der Waals surface area contributed by atoms with Crippen molar-refractivity contribution in [2.24, 2.45) is 0 Å². The van der Waals surface area contributed by atoms with E-state index in [2.05, 4.69) is 0 Å². The monoisotopic (exact) mass is 179 g/mol. The topological polar surface area (TPSA) is 26.0 Å². The van der Waals surface area contributed by atoms with E-state index in [9.17, 15) is 8.78 Å². The predicted octanol–water partition coefficient (Wildman–Crippen LogP) is 2.70. The van der Waals surface area contributed by atoms with Crippen molar-refractivity contribution >= 4 is 16.5 Å². The van der Waals surface area contributed by atoms with Crippen molar-refractivity contribution in [3.63, 3.8) is 0 Å². The summed E-state index contributed by atoms with van der Waals surface area (Å²) in [6.07, 6.45) is 0. The fraction of sp³-hybridized carbons (Fsp3) is 0. The average Bonchev–Trinajstić information content (AvgIpc) is 2.02. The van der Waals surface area contributed by atoms with Gasteiger partial charge in [0.1, 0.15) is 11.6 Å². The van der Waals surface area contributed by atoms with E-state index in [4.69, 9.17) is 5.73 Å². The fourth-order valence-corrected chi connectivity index (χ4v) is 1.35. The number of anilines is 1. The van der Waals surface area contributed by atoms with Crippen LogP contribution in [0.5, 0.6) is 0 Å². The fourth-order valence-electron chi connectivity index (χ4n) is 1.35. The van der Waals surface area contributed by atoms with Crippen LogP contribution in [0.25, 0.3) is 10.8 Å². The third-order valence-corrected chi connectivity index (χ3v) is 1.90. The summed E-state index contributed by atoms with van der Waals surface area (Å²) < 4.78 is 26.3. The highest BCUT2D eigenvalue weighted by atomic mass is 19.1. The SMILES string of the molecule is Nc1cc(F)c2c(F)cccc2c1. The zero-order valence-electron chi connectivity index (χ0n) is 6.72. The van der Waals surface area contributed by atoms with Gasteiger partial charge in [0.15, 0.2) is 0 Å². The lowest BCUT2D eigenvalue weighted by Gasteiger charge is -2.01. The molecule has 13 heavy (non-hydrogen) atoms. The molecule has 0 aromatic heterocycles. The largest absolute Gasteiger partial charge is 0.399 e. The number of fused-ring (bicyclic) bond motifs is 1. The summed E-state index contributed by atoms with van der Waals surface area (Å²) in [7, 11) is 0. The Bertz CT molecular complexity index is 466. The summed E-state index contributed by atoms with van der Waals surface area (Å²) in [5.41, 5.74) is 5.71. The van der Waals surface area contributed by atoms with Crippen LogP contribution in [-0.4, -0.2) is 0 Å². The summed E-state index contributed by atoms with van der Waals surface area (Å²) >= 11 is 0. The van der Waals surface area contributed by atoms with Gasteiger partial charge in [0.2, 0.25) is 0 Å².